The van der Waals surface area contributed by atoms with Gasteiger partial charge in [0, 0.05) is 70.9 Å². The van der Waals surface area contributed by atoms with E-state index in [1.807, 2.05) is 11.0 Å². The van der Waals surface area contributed by atoms with E-state index in [0.717, 1.165) is 31.0 Å². The average molecular weight is 529 g/mol. The first-order chi connectivity index (χ1) is 17.9. The minimum Gasteiger partial charge on any atom is -0.332 e. The minimum atomic E-state index is -2.58. The molecule has 0 N–H and O–H groups in total. The number of pyridine rings is 1. The smallest absolute Gasteiger partial charge is 0.250 e. The molecule has 0 radical (unpaired) electrons. The molecule has 37 heavy (non-hydrogen) atoms. The van der Waals surface area contributed by atoms with Crippen molar-refractivity contribution in [1.29, 1.82) is 0 Å². The van der Waals surface area contributed by atoms with Crippen LogP contribution in [0.1, 0.15) is 48.1 Å². The van der Waals surface area contributed by atoms with E-state index in [9.17, 15) is 13.6 Å². The van der Waals surface area contributed by atoms with Crippen LogP contribution < -0.4 is 0 Å². The molecule has 0 bridgehead atoms. The normalized spacial score (nSPS) is 20.2. The Hall–Kier alpha value is -2.35. The van der Waals surface area contributed by atoms with Gasteiger partial charge in [-0.25, -0.2) is 8.78 Å². The molecule has 0 spiro atoms. The summed E-state index contributed by atoms with van der Waals surface area (Å²) in [7, 11) is 0. The van der Waals surface area contributed by atoms with Gasteiger partial charge in [0.15, 0.2) is 0 Å². The Bertz CT molecular complexity index is 1130. The molecule has 2 aromatic rings. The Morgan fingerprint density at radius 2 is 1.95 bits per heavy atom. The summed E-state index contributed by atoms with van der Waals surface area (Å²) in [6.45, 7) is 5.13. The van der Waals surface area contributed by atoms with Crippen LogP contribution in [0.15, 0.2) is 42.6 Å². The summed E-state index contributed by atoms with van der Waals surface area (Å²) in [5.74, 6) is -1.84. The Kier molecular flexibility index (Phi) is 8.22. The molecule has 5 rings (SSSR count). The van der Waals surface area contributed by atoms with Crippen molar-refractivity contribution < 1.29 is 13.6 Å². The number of rotatable bonds is 9. The number of carbonyl (C=O) groups is 1. The van der Waals surface area contributed by atoms with Crippen molar-refractivity contribution in [2.45, 2.75) is 51.1 Å². The van der Waals surface area contributed by atoms with E-state index in [2.05, 4.69) is 28.1 Å². The summed E-state index contributed by atoms with van der Waals surface area (Å²) < 4.78 is 27.1. The third-order valence-corrected chi connectivity index (χ3v) is 8.10. The van der Waals surface area contributed by atoms with E-state index in [0.29, 0.717) is 36.9 Å². The molecule has 1 amide bonds. The van der Waals surface area contributed by atoms with Gasteiger partial charge in [-0.05, 0) is 60.1 Å². The molecule has 1 saturated heterocycles. The first-order valence-electron chi connectivity index (χ1n) is 13.4. The predicted molar refractivity (Wildman–Crippen MR) is 142 cm³/mol. The molecule has 2 fully saturated rings. The van der Waals surface area contributed by atoms with Crippen LogP contribution in [0.4, 0.5) is 8.78 Å². The molecule has 2 aliphatic heterocycles. The SMILES string of the molecule is O=C(/C=C/c1cccc2c1CCN(CC1CC1)C2)N(CCN1CCC(F)(F)CC1)Cc1ncccc1Cl. The maximum absolute atomic E-state index is 13.6. The summed E-state index contributed by atoms with van der Waals surface area (Å²) in [6.07, 6.45) is 8.66. The molecule has 5 nitrogen and oxygen atoms in total. The Labute approximate surface area is 223 Å². The minimum absolute atomic E-state index is 0.132. The highest BCUT2D eigenvalue weighted by molar-refractivity contribution is 6.31. The number of benzene rings is 1. The summed E-state index contributed by atoms with van der Waals surface area (Å²) >= 11 is 6.34. The number of piperidine rings is 1. The van der Waals surface area contributed by atoms with Gasteiger partial charge in [-0.15, -0.1) is 0 Å². The molecule has 198 valence electrons. The quantitative estimate of drug-likeness (QED) is 0.415. The number of nitrogens with zero attached hydrogens (tertiary/aromatic N) is 4. The second-order valence-corrected chi connectivity index (χ2v) is 11.0. The van der Waals surface area contributed by atoms with Crippen LogP contribution in [0.25, 0.3) is 6.08 Å². The number of fused-ring (bicyclic) bond motifs is 1. The fourth-order valence-electron chi connectivity index (χ4n) is 5.29. The zero-order chi connectivity index (χ0) is 25.8. The molecule has 1 aromatic carbocycles. The lowest BCUT2D eigenvalue weighted by Gasteiger charge is -2.33. The lowest BCUT2D eigenvalue weighted by Crippen LogP contribution is -2.44. The van der Waals surface area contributed by atoms with Crippen LogP contribution in [0.3, 0.4) is 0 Å². The molecule has 1 aromatic heterocycles. The lowest BCUT2D eigenvalue weighted by atomic mass is 9.94. The Morgan fingerprint density at radius 1 is 1.14 bits per heavy atom. The van der Waals surface area contributed by atoms with Crippen molar-refractivity contribution in [1.82, 2.24) is 19.7 Å². The molecular formula is C29H35ClF2N4O. The van der Waals surface area contributed by atoms with Gasteiger partial charge in [-0.2, -0.15) is 0 Å². The average Bonchev–Trinajstić information content (AvgIpc) is 3.70. The predicted octanol–water partition coefficient (Wildman–Crippen LogP) is 5.28. The van der Waals surface area contributed by atoms with Crippen LogP contribution in [0, 0.1) is 5.92 Å². The van der Waals surface area contributed by atoms with Crippen molar-refractivity contribution in [3.63, 3.8) is 0 Å². The lowest BCUT2D eigenvalue weighted by molar-refractivity contribution is -0.127. The number of aromatic nitrogens is 1. The molecule has 8 heteroatoms. The van der Waals surface area contributed by atoms with Crippen molar-refractivity contribution in [2.75, 3.05) is 39.3 Å². The van der Waals surface area contributed by atoms with Crippen LogP contribution in [0.5, 0.6) is 0 Å². The summed E-state index contributed by atoms with van der Waals surface area (Å²) in [4.78, 5) is 24.0. The van der Waals surface area contributed by atoms with Gasteiger partial charge >= 0.3 is 0 Å². The monoisotopic (exact) mass is 528 g/mol. The second kappa shape index (κ2) is 11.6. The number of alkyl halides is 2. The van der Waals surface area contributed by atoms with E-state index in [1.54, 1.807) is 29.3 Å². The fraction of sp³-hybridized carbons (Fsp3) is 0.517. The van der Waals surface area contributed by atoms with Gasteiger partial charge in [0.25, 0.3) is 5.92 Å². The van der Waals surface area contributed by atoms with E-state index in [-0.39, 0.29) is 25.3 Å². The molecule has 3 heterocycles. The molecule has 1 saturated carbocycles. The van der Waals surface area contributed by atoms with Gasteiger partial charge in [0.2, 0.25) is 5.91 Å². The molecular weight excluding hydrogens is 494 g/mol. The van der Waals surface area contributed by atoms with Crippen LogP contribution in [-0.4, -0.2) is 70.8 Å². The van der Waals surface area contributed by atoms with Gasteiger partial charge in [-0.1, -0.05) is 29.8 Å². The van der Waals surface area contributed by atoms with Crippen LogP contribution >= 0.6 is 11.6 Å². The molecule has 3 aliphatic rings. The Morgan fingerprint density at radius 3 is 2.70 bits per heavy atom. The van der Waals surface area contributed by atoms with E-state index in [4.69, 9.17) is 11.6 Å². The zero-order valence-electron chi connectivity index (χ0n) is 21.2. The third kappa shape index (κ3) is 7.15. The number of halogens is 3. The van der Waals surface area contributed by atoms with Gasteiger partial charge < -0.3 is 9.80 Å². The number of likely N-dealkylation sites (tertiary alicyclic amines) is 1. The molecule has 0 atom stereocenters. The van der Waals surface area contributed by atoms with E-state index in [1.165, 1.54) is 30.5 Å². The highest BCUT2D eigenvalue weighted by atomic mass is 35.5. The van der Waals surface area contributed by atoms with Crippen molar-refractivity contribution in [3.05, 3.63) is 70.0 Å². The Balaban J connectivity index is 1.26. The summed E-state index contributed by atoms with van der Waals surface area (Å²) in [5, 5.41) is 0.509. The maximum atomic E-state index is 13.6. The first-order valence-corrected chi connectivity index (χ1v) is 13.7. The van der Waals surface area contributed by atoms with E-state index >= 15 is 0 Å². The van der Waals surface area contributed by atoms with Gasteiger partial charge in [0.05, 0.1) is 17.3 Å². The fourth-order valence-corrected chi connectivity index (χ4v) is 5.47. The van der Waals surface area contributed by atoms with Crippen molar-refractivity contribution in [2.24, 2.45) is 5.92 Å². The van der Waals surface area contributed by atoms with Gasteiger partial charge in [-0.3, -0.25) is 14.7 Å². The van der Waals surface area contributed by atoms with Crippen LogP contribution in [0.2, 0.25) is 5.02 Å². The van der Waals surface area contributed by atoms with Crippen molar-refractivity contribution in [3.8, 4) is 0 Å². The first kappa shape index (κ1) is 26.3. The third-order valence-electron chi connectivity index (χ3n) is 7.76. The summed E-state index contributed by atoms with van der Waals surface area (Å²) in [5.41, 5.74) is 4.39. The molecule has 0 unspecified atom stereocenters. The highest BCUT2D eigenvalue weighted by Crippen LogP contribution is 2.32. The molecule has 1 aliphatic carbocycles. The summed E-state index contributed by atoms with van der Waals surface area (Å²) in [6, 6.07) is 9.87. The largest absolute Gasteiger partial charge is 0.332 e. The number of carbonyl (C=O) groups excluding carboxylic acids is 1. The van der Waals surface area contributed by atoms with Crippen molar-refractivity contribution >= 4 is 23.6 Å². The highest BCUT2D eigenvalue weighted by Gasteiger charge is 2.34. The number of hydrogen-bond donors (Lipinski definition) is 0. The number of hydrogen-bond acceptors (Lipinski definition) is 4. The maximum Gasteiger partial charge on any atom is 0.250 e. The van der Waals surface area contributed by atoms with E-state index < -0.39 is 5.92 Å². The standard InChI is InChI=1S/C29H35ClF2N4O/c30-26-5-2-13-33-27(26)21-36(18-17-34-15-11-29(31,32)12-16-34)28(37)9-8-23-3-1-4-24-20-35(14-10-25(23)24)19-22-6-7-22/h1-5,8-9,13,22H,6-7,10-12,14-21H2/b9-8+. The van der Waals surface area contributed by atoms with Crippen LogP contribution in [-0.2, 0) is 24.3 Å². The second-order valence-electron chi connectivity index (χ2n) is 10.6. The topological polar surface area (TPSA) is 39.7 Å². The zero-order valence-corrected chi connectivity index (χ0v) is 22.0. The van der Waals surface area contributed by atoms with Gasteiger partial charge in [0.1, 0.15) is 0 Å². The number of amides is 1.